The molecular formula is C11H18N4O2. The van der Waals surface area contributed by atoms with Crippen LogP contribution in [0.15, 0.2) is 12.4 Å². The highest BCUT2D eigenvalue weighted by atomic mass is 16.4. The van der Waals surface area contributed by atoms with Crippen molar-refractivity contribution in [2.24, 2.45) is 5.41 Å². The van der Waals surface area contributed by atoms with Crippen molar-refractivity contribution in [3.63, 3.8) is 0 Å². The molecule has 2 unspecified atom stereocenters. The highest BCUT2D eigenvalue weighted by molar-refractivity contribution is 5.67. The molecule has 0 saturated carbocycles. The molecule has 1 aliphatic rings. The van der Waals surface area contributed by atoms with Crippen LogP contribution in [-0.4, -0.2) is 38.5 Å². The molecular weight excluding hydrogens is 220 g/mol. The van der Waals surface area contributed by atoms with Gasteiger partial charge in [0.25, 0.3) is 0 Å². The topological polar surface area (TPSA) is 84.4 Å². The first kappa shape index (κ1) is 11.8. The number of likely N-dealkylation sites (tertiary alicyclic amines) is 1. The van der Waals surface area contributed by atoms with E-state index in [4.69, 9.17) is 10.8 Å². The number of hydrogen-bond acceptors (Lipinski definition) is 3. The van der Waals surface area contributed by atoms with Gasteiger partial charge in [-0.1, -0.05) is 20.8 Å². The quantitative estimate of drug-likeness (QED) is 0.774. The number of nitrogen functional groups attached to an aromatic ring is 1. The van der Waals surface area contributed by atoms with Crippen molar-refractivity contribution in [1.29, 1.82) is 0 Å². The van der Waals surface area contributed by atoms with Gasteiger partial charge in [-0.2, -0.15) is 5.10 Å². The Labute approximate surface area is 100 Å². The van der Waals surface area contributed by atoms with Crippen LogP contribution < -0.4 is 5.73 Å². The molecule has 2 rings (SSSR count). The van der Waals surface area contributed by atoms with E-state index >= 15 is 0 Å². The SMILES string of the molecule is CC(C)(C)C1C(n2cc(N)cn2)CN1C(=O)O. The summed E-state index contributed by atoms with van der Waals surface area (Å²) in [6, 6.07) is 0.00250. The lowest BCUT2D eigenvalue weighted by Crippen LogP contribution is -2.63. The molecule has 1 aromatic heterocycles. The van der Waals surface area contributed by atoms with Crippen LogP contribution in [0.1, 0.15) is 26.8 Å². The average Bonchev–Trinajstić information content (AvgIpc) is 2.45. The normalized spacial score (nSPS) is 24.5. The van der Waals surface area contributed by atoms with Crippen molar-refractivity contribution in [2.45, 2.75) is 32.9 Å². The van der Waals surface area contributed by atoms with Crippen LogP contribution in [0, 0.1) is 5.41 Å². The third-order valence-corrected chi connectivity index (χ3v) is 3.18. The lowest BCUT2D eigenvalue weighted by atomic mass is 9.76. The molecule has 0 bridgehead atoms. The zero-order chi connectivity index (χ0) is 12.8. The predicted molar refractivity (Wildman–Crippen MR) is 63.7 cm³/mol. The first-order valence-electron chi connectivity index (χ1n) is 5.60. The van der Waals surface area contributed by atoms with Crippen LogP contribution in [0.25, 0.3) is 0 Å². The molecule has 0 aliphatic carbocycles. The Morgan fingerprint density at radius 1 is 1.59 bits per heavy atom. The third kappa shape index (κ3) is 1.94. The van der Waals surface area contributed by atoms with E-state index in [1.165, 1.54) is 4.90 Å². The smallest absolute Gasteiger partial charge is 0.407 e. The number of rotatable bonds is 1. The van der Waals surface area contributed by atoms with Crippen molar-refractivity contribution in [1.82, 2.24) is 14.7 Å². The van der Waals surface area contributed by atoms with Crippen LogP contribution >= 0.6 is 0 Å². The molecule has 1 amide bonds. The van der Waals surface area contributed by atoms with Gasteiger partial charge in [-0.3, -0.25) is 4.68 Å². The van der Waals surface area contributed by atoms with Gasteiger partial charge >= 0.3 is 6.09 Å². The number of nitrogens with two attached hydrogens (primary N) is 1. The van der Waals surface area contributed by atoms with Crippen LogP contribution in [-0.2, 0) is 0 Å². The Bertz CT molecular complexity index is 435. The molecule has 94 valence electrons. The number of carbonyl (C=O) groups is 1. The molecule has 6 nitrogen and oxygen atoms in total. The van der Waals surface area contributed by atoms with Gasteiger partial charge in [0.1, 0.15) is 0 Å². The molecule has 1 saturated heterocycles. The fourth-order valence-corrected chi connectivity index (χ4v) is 2.49. The summed E-state index contributed by atoms with van der Waals surface area (Å²) < 4.78 is 1.77. The van der Waals surface area contributed by atoms with E-state index in [1.54, 1.807) is 17.1 Å². The third-order valence-electron chi connectivity index (χ3n) is 3.18. The maximum atomic E-state index is 11.1. The van der Waals surface area contributed by atoms with Crippen molar-refractivity contribution in [3.8, 4) is 0 Å². The van der Waals surface area contributed by atoms with Crippen molar-refractivity contribution in [2.75, 3.05) is 12.3 Å². The van der Waals surface area contributed by atoms with E-state index in [0.717, 1.165) is 0 Å². The fraction of sp³-hybridized carbons (Fsp3) is 0.636. The molecule has 1 aromatic rings. The standard InChI is InChI=1S/C11H18N4O2/c1-11(2,3)9-8(6-14(9)10(16)17)15-5-7(12)4-13-15/h4-5,8-9H,6,12H2,1-3H3,(H,16,17). The van der Waals surface area contributed by atoms with Crippen LogP contribution in [0.4, 0.5) is 10.5 Å². The van der Waals surface area contributed by atoms with Crippen molar-refractivity contribution >= 4 is 11.8 Å². The number of aromatic nitrogens is 2. The fourth-order valence-electron chi connectivity index (χ4n) is 2.49. The zero-order valence-electron chi connectivity index (χ0n) is 10.3. The first-order chi connectivity index (χ1) is 7.80. The Hall–Kier alpha value is -1.72. The highest BCUT2D eigenvalue weighted by Gasteiger charge is 2.49. The monoisotopic (exact) mass is 238 g/mol. The van der Waals surface area contributed by atoms with Gasteiger partial charge in [0.15, 0.2) is 0 Å². The molecule has 0 spiro atoms. The minimum atomic E-state index is -0.874. The first-order valence-corrected chi connectivity index (χ1v) is 5.60. The summed E-state index contributed by atoms with van der Waals surface area (Å²) in [5, 5.41) is 13.3. The molecule has 6 heteroatoms. The Balaban J connectivity index is 2.24. The molecule has 0 aromatic carbocycles. The summed E-state index contributed by atoms with van der Waals surface area (Å²) in [4.78, 5) is 12.6. The van der Waals surface area contributed by atoms with Gasteiger partial charge in [0, 0.05) is 12.7 Å². The summed E-state index contributed by atoms with van der Waals surface area (Å²) in [5.74, 6) is 0. The van der Waals surface area contributed by atoms with Gasteiger partial charge in [-0.15, -0.1) is 0 Å². The molecule has 1 aliphatic heterocycles. The summed E-state index contributed by atoms with van der Waals surface area (Å²) in [7, 11) is 0. The predicted octanol–water partition coefficient (Wildman–Crippen LogP) is 1.41. The highest BCUT2D eigenvalue weighted by Crippen LogP contribution is 2.40. The van der Waals surface area contributed by atoms with Gasteiger partial charge in [-0.25, -0.2) is 4.79 Å². The Morgan fingerprint density at radius 2 is 2.24 bits per heavy atom. The second kappa shape index (κ2) is 3.65. The lowest BCUT2D eigenvalue weighted by molar-refractivity contribution is -0.0319. The molecule has 3 N–H and O–H groups in total. The van der Waals surface area contributed by atoms with Crippen LogP contribution in [0.5, 0.6) is 0 Å². The largest absolute Gasteiger partial charge is 0.465 e. The maximum Gasteiger partial charge on any atom is 0.407 e. The minimum absolute atomic E-state index is 0.0701. The summed E-state index contributed by atoms with van der Waals surface area (Å²) in [6.07, 6.45) is 2.47. The van der Waals surface area contributed by atoms with Crippen molar-refractivity contribution in [3.05, 3.63) is 12.4 Å². The number of hydrogen-bond donors (Lipinski definition) is 2. The minimum Gasteiger partial charge on any atom is -0.465 e. The number of anilines is 1. The summed E-state index contributed by atoms with van der Waals surface area (Å²) >= 11 is 0. The van der Waals surface area contributed by atoms with E-state index in [2.05, 4.69) is 5.10 Å². The lowest BCUT2D eigenvalue weighted by Gasteiger charge is -2.52. The molecule has 2 atom stereocenters. The van der Waals surface area contributed by atoms with E-state index < -0.39 is 6.09 Å². The Kier molecular flexibility index (Phi) is 2.52. The second-order valence-corrected chi connectivity index (χ2v) is 5.57. The molecule has 2 heterocycles. The number of amides is 1. The maximum absolute atomic E-state index is 11.1. The molecule has 0 radical (unpaired) electrons. The number of nitrogens with zero attached hydrogens (tertiary/aromatic N) is 3. The van der Waals surface area contributed by atoms with Crippen molar-refractivity contribution < 1.29 is 9.90 Å². The van der Waals surface area contributed by atoms with Gasteiger partial charge in [0.2, 0.25) is 0 Å². The van der Waals surface area contributed by atoms with Crippen LogP contribution in [0.3, 0.4) is 0 Å². The average molecular weight is 238 g/mol. The van der Waals surface area contributed by atoms with Gasteiger partial charge in [0.05, 0.1) is 24.0 Å². The van der Waals surface area contributed by atoms with Gasteiger partial charge < -0.3 is 15.7 Å². The van der Waals surface area contributed by atoms with Crippen LogP contribution in [0.2, 0.25) is 0 Å². The Morgan fingerprint density at radius 3 is 2.65 bits per heavy atom. The second-order valence-electron chi connectivity index (χ2n) is 5.57. The summed E-state index contributed by atoms with van der Waals surface area (Å²) in [6.45, 7) is 6.57. The van der Waals surface area contributed by atoms with E-state index in [9.17, 15) is 4.79 Å². The number of carboxylic acid groups (broad SMARTS) is 1. The summed E-state index contributed by atoms with van der Waals surface area (Å²) in [5.41, 5.74) is 6.11. The van der Waals surface area contributed by atoms with E-state index in [0.29, 0.717) is 12.2 Å². The van der Waals surface area contributed by atoms with E-state index in [-0.39, 0.29) is 17.5 Å². The molecule has 17 heavy (non-hydrogen) atoms. The molecule has 1 fully saturated rings. The van der Waals surface area contributed by atoms with Gasteiger partial charge in [-0.05, 0) is 5.41 Å². The van der Waals surface area contributed by atoms with E-state index in [1.807, 2.05) is 20.8 Å². The zero-order valence-corrected chi connectivity index (χ0v) is 10.3.